The van der Waals surface area contributed by atoms with Crippen LogP contribution in [-0.4, -0.2) is 11.1 Å². The molecule has 0 amide bonds. The Balaban J connectivity index is 2.36. The number of carboxylic acid groups (broad SMARTS) is 1. The van der Waals surface area contributed by atoms with E-state index in [1.807, 2.05) is 19.1 Å². The van der Waals surface area contributed by atoms with Crippen LogP contribution in [0.5, 0.6) is 0 Å². The summed E-state index contributed by atoms with van der Waals surface area (Å²) in [5.74, 6) is -0.767. The fourth-order valence-corrected chi connectivity index (χ4v) is 2.65. The first-order valence-corrected chi connectivity index (χ1v) is 6.00. The smallest absolute Gasteiger partial charge is 0.306 e. The van der Waals surface area contributed by atoms with E-state index < -0.39 is 5.97 Å². The molecule has 1 aliphatic rings. The molecule has 1 aromatic carbocycles. The molecular formula is C14H18O2. The SMILES string of the molecule is CC(C(=O)O)C1CCCCc2ccccc21. The lowest BCUT2D eigenvalue weighted by atomic mass is 9.83. The van der Waals surface area contributed by atoms with E-state index in [0.717, 1.165) is 19.3 Å². The molecule has 2 heteroatoms. The van der Waals surface area contributed by atoms with E-state index in [0.29, 0.717) is 0 Å². The molecule has 0 spiro atoms. The maximum absolute atomic E-state index is 11.1. The fourth-order valence-electron chi connectivity index (χ4n) is 2.65. The van der Waals surface area contributed by atoms with E-state index in [1.54, 1.807) is 0 Å². The molecule has 2 rings (SSSR count). The first-order chi connectivity index (χ1) is 7.70. The fraction of sp³-hybridized carbons (Fsp3) is 0.500. The second-order valence-corrected chi connectivity index (χ2v) is 4.68. The summed E-state index contributed by atoms with van der Waals surface area (Å²) < 4.78 is 0. The van der Waals surface area contributed by atoms with Crippen molar-refractivity contribution in [2.75, 3.05) is 0 Å². The van der Waals surface area contributed by atoms with Crippen molar-refractivity contribution in [1.82, 2.24) is 0 Å². The molecule has 0 aliphatic heterocycles. The van der Waals surface area contributed by atoms with Crippen LogP contribution in [0.1, 0.15) is 43.2 Å². The standard InChI is InChI=1S/C14H18O2/c1-10(14(15)16)12-8-4-2-6-11-7-3-5-9-13(11)12/h3,5,7,9-10,12H,2,4,6,8H2,1H3,(H,15,16). The molecule has 86 valence electrons. The van der Waals surface area contributed by atoms with Gasteiger partial charge >= 0.3 is 5.97 Å². The van der Waals surface area contributed by atoms with E-state index in [2.05, 4.69) is 12.1 Å². The van der Waals surface area contributed by atoms with Crippen molar-refractivity contribution < 1.29 is 9.90 Å². The van der Waals surface area contributed by atoms with Crippen LogP contribution in [-0.2, 0) is 11.2 Å². The number of fused-ring (bicyclic) bond motifs is 1. The zero-order valence-corrected chi connectivity index (χ0v) is 9.65. The molecule has 1 aliphatic carbocycles. The lowest BCUT2D eigenvalue weighted by Gasteiger charge is -2.21. The van der Waals surface area contributed by atoms with Gasteiger partial charge in [-0.25, -0.2) is 0 Å². The Labute approximate surface area is 96.3 Å². The van der Waals surface area contributed by atoms with Gasteiger partial charge in [0.2, 0.25) is 0 Å². The normalized spacial score (nSPS) is 21.9. The molecule has 0 aromatic heterocycles. The molecule has 2 unspecified atom stereocenters. The van der Waals surface area contributed by atoms with Crippen LogP contribution in [0.3, 0.4) is 0 Å². The van der Waals surface area contributed by atoms with Gasteiger partial charge in [0, 0.05) is 0 Å². The molecule has 2 nitrogen and oxygen atoms in total. The Hall–Kier alpha value is -1.31. The van der Waals surface area contributed by atoms with Gasteiger partial charge in [-0.05, 0) is 36.3 Å². The number of rotatable bonds is 2. The highest BCUT2D eigenvalue weighted by Crippen LogP contribution is 2.35. The predicted octanol–water partition coefficient (Wildman–Crippen LogP) is 3.22. The van der Waals surface area contributed by atoms with Gasteiger partial charge in [-0.1, -0.05) is 37.6 Å². The average molecular weight is 218 g/mol. The van der Waals surface area contributed by atoms with Crippen LogP contribution in [0.15, 0.2) is 24.3 Å². The molecule has 1 aromatic rings. The number of aryl methyl sites for hydroxylation is 1. The zero-order valence-electron chi connectivity index (χ0n) is 9.65. The van der Waals surface area contributed by atoms with E-state index in [-0.39, 0.29) is 11.8 Å². The molecular weight excluding hydrogens is 200 g/mol. The van der Waals surface area contributed by atoms with Gasteiger partial charge < -0.3 is 5.11 Å². The number of hydrogen-bond acceptors (Lipinski definition) is 1. The number of aliphatic carboxylic acids is 1. The van der Waals surface area contributed by atoms with E-state index in [4.69, 9.17) is 5.11 Å². The van der Waals surface area contributed by atoms with E-state index >= 15 is 0 Å². The number of carboxylic acids is 1. The van der Waals surface area contributed by atoms with Gasteiger partial charge in [0.05, 0.1) is 5.92 Å². The van der Waals surface area contributed by atoms with Crippen LogP contribution >= 0.6 is 0 Å². The van der Waals surface area contributed by atoms with Crippen molar-refractivity contribution in [2.45, 2.75) is 38.5 Å². The quantitative estimate of drug-likeness (QED) is 0.774. The summed E-state index contributed by atoms with van der Waals surface area (Å²) in [6, 6.07) is 8.31. The van der Waals surface area contributed by atoms with Crippen LogP contribution in [0.4, 0.5) is 0 Å². The summed E-state index contributed by atoms with van der Waals surface area (Å²) in [7, 11) is 0. The number of carbonyl (C=O) groups is 1. The molecule has 0 bridgehead atoms. The van der Waals surface area contributed by atoms with Crippen molar-refractivity contribution in [3.05, 3.63) is 35.4 Å². The lowest BCUT2D eigenvalue weighted by molar-refractivity contribution is -0.141. The zero-order chi connectivity index (χ0) is 11.5. The van der Waals surface area contributed by atoms with E-state index in [1.165, 1.54) is 17.5 Å². The lowest BCUT2D eigenvalue weighted by Crippen LogP contribution is -2.19. The maximum Gasteiger partial charge on any atom is 0.306 e. The second kappa shape index (κ2) is 4.69. The minimum Gasteiger partial charge on any atom is -0.481 e. The molecule has 16 heavy (non-hydrogen) atoms. The number of benzene rings is 1. The Morgan fingerprint density at radius 1 is 1.38 bits per heavy atom. The second-order valence-electron chi connectivity index (χ2n) is 4.68. The first kappa shape index (κ1) is 11.2. The monoisotopic (exact) mass is 218 g/mol. The summed E-state index contributed by atoms with van der Waals surface area (Å²) in [4.78, 5) is 11.1. The van der Waals surface area contributed by atoms with Crippen molar-refractivity contribution in [3.63, 3.8) is 0 Å². The highest BCUT2D eigenvalue weighted by molar-refractivity contribution is 5.71. The van der Waals surface area contributed by atoms with Gasteiger partial charge in [0.15, 0.2) is 0 Å². The molecule has 0 fully saturated rings. The molecule has 0 saturated carbocycles. The van der Waals surface area contributed by atoms with Gasteiger partial charge in [-0.3, -0.25) is 4.79 Å². The van der Waals surface area contributed by atoms with Crippen LogP contribution in [0.25, 0.3) is 0 Å². The summed E-state index contributed by atoms with van der Waals surface area (Å²) in [6.45, 7) is 1.83. The third-order valence-corrected chi connectivity index (χ3v) is 3.66. The Morgan fingerprint density at radius 2 is 2.12 bits per heavy atom. The topological polar surface area (TPSA) is 37.3 Å². The summed E-state index contributed by atoms with van der Waals surface area (Å²) in [5.41, 5.74) is 2.60. The molecule has 0 heterocycles. The summed E-state index contributed by atoms with van der Waals surface area (Å²) in [6.07, 6.45) is 4.42. The average Bonchev–Trinajstić information content (AvgIpc) is 2.50. The Morgan fingerprint density at radius 3 is 2.88 bits per heavy atom. The number of hydrogen-bond donors (Lipinski definition) is 1. The summed E-state index contributed by atoms with van der Waals surface area (Å²) in [5, 5.41) is 9.15. The van der Waals surface area contributed by atoms with Crippen LogP contribution < -0.4 is 0 Å². The highest BCUT2D eigenvalue weighted by Gasteiger charge is 2.27. The molecule has 0 radical (unpaired) electrons. The minimum absolute atomic E-state index is 0.191. The molecule has 0 saturated heterocycles. The van der Waals surface area contributed by atoms with E-state index in [9.17, 15) is 4.79 Å². The van der Waals surface area contributed by atoms with Gasteiger partial charge in [-0.15, -0.1) is 0 Å². The van der Waals surface area contributed by atoms with Crippen molar-refractivity contribution in [3.8, 4) is 0 Å². The van der Waals surface area contributed by atoms with Crippen LogP contribution in [0.2, 0.25) is 0 Å². The van der Waals surface area contributed by atoms with Gasteiger partial charge in [0.1, 0.15) is 0 Å². The third-order valence-electron chi connectivity index (χ3n) is 3.66. The molecule has 1 N–H and O–H groups in total. The van der Waals surface area contributed by atoms with Crippen molar-refractivity contribution in [2.24, 2.45) is 5.92 Å². The van der Waals surface area contributed by atoms with Crippen LogP contribution in [0, 0.1) is 5.92 Å². The first-order valence-electron chi connectivity index (χ1n) is 6.00. The van der Waals surface area contributed by atoms with Crippen molar-refractivity contribution in [1.29, 1.82) is 0 Å². The summed E-state index contributed by atoms with van der Waals surface area (Å²) >= 11 is 0. The highest BCUT2D eigenvalue weighted by atomic mass is 16.4. The molecule has 2 atom stereocenters. The Kier molecular flexibility index (Phi) is 3.28. The minimum atomic E-state index is -0.679. The van der Waals surface area contributed by atoms with Gasteiger partial charge in [0.25, 0.3) is 0 Å². The largest absolute Gasteiger partial charge is 0.481 e. The van der Waals surface area contributed by atoms with Gasteiger partial charge in [-0.2, -0.15) is 0 Å². The third kappa shape index (κ3) is 2.11. The maximum atomic E-state index is 11.1. The predicted molar refractivity (Wildman–Crippen MR) is 63.5 cm³/mol. The Bertz CT molecular complexity index is 384. The van der Waals surface area contributed by atoms with Crippen molar-refractivity contribution >= 4 is 5.97 Å².